The number of aliphatic hydroxyl groups is 1. The summed E-state index contributed by atoms with van der Waals surface area (Å²) in [7, 11) is 0. The van der Waals surface area contributed by atoms with Crippen LogP contribution in [-0.2, 0) is 19.3 Å². The molecule has 2 aromatic carbocycles. The second-order valence-electron chi connectivity index (χ2n) is 6.58. The standard InChI is InChI=1S/C22H25NO2/c1-2-13-25-22-10-6-5-9-19(22)15-21(24)16-23-20-12-11-17-7-3-4-8-18(17)14-20/h1,3-10,20-21,23-24H,11-16H2. The molecule has 2 aromatic rings. The maximum atomic E-state index is 10.4. The van der Waals surface area contributed by atoms with Gasteiger partial charge in [0.25, 0.3) is 0 Å². The molecule has 2 atom stereocenters. The number of para-hydroxylation sites is 1. The fraction of sp³-hybridized carbons (Fsp3) is 0.364. The summed E-state index contributed by atoms with van der Waals surface area (Å²) in [5, 5.41) is 13.9. The molecule has 0 fully saturated rings. The van der Waals surface area contributed by atoms with E-state index in [1.54, 1.807) is 0 Å². The lowest BCUT2D eigenvalue weighted by Crippen LogP contribution is -2.39. The van der Waals surface area contributed by atoms with E-state index in [2.05, 4.69) is 35.5 Å². The smallest absolute Gasteiger partial charge is 0.148 e. The summed E-state index contributed by atoms with van der Waals surface area (Å²) in [6.45, 7) is 0.823. The van der Waals surface area contributed by atoms with Crippen LogP contribution in [-0.4, -0.2) is 30.4 Å². The van der Waals surface area contributed by atoms with Crippen LogP contribution in [0.5, 0.6) is 5.75 Å². The molecule has 3 heteroatoms. The third-order valence-corrected chi connectivity index (χ3v) is 4.73. The Morgan fingerprint density at radius 3 is 2.76 bits per heavy atom. The molecule has 0 spiro atoms. The van der Waals surface area contributed by atoms with Crippen molar-refractivity contribution in [3.8, 4) is 18.1 Å². The van der Waals surface area contributed by atoms with Crippen molar-refractivity contribution in [2.75, 3.05) is 13.2 Å². The third-order valence-electron chi connectivity index (χ3n) is 4.73. The molecule has 0 saturated heterocycles. The van der Waals surface area contributed by atoms with Crippen molar-refractivity contribution in [2.24, 2.45) is 0 Å². The molecule has 0 heterocycles. The first kappa shape index (κ1) is 17.5. The monoisotopic (exact) mass is 335 g/mol. The van der Waals surface area contributed by atoms with Crippen LogP contribution in [0.3, 0.4) is 0 Å². The molecule has 25 heavy (non-hydrogen) atoms. The topological polar surface area (TPSA) is 41.5 Å². The zero-order valence-electron chi connectivity index (χ0n) is 14.4. The molecule has 1 aliphatic rings. The van der Waals surface area contributed by atoms with Crippen molar-refractivity contribution < 1.29 is 9.84 Å². The quantitative estimate of drug-likeness (QED) is 0.765. The van der Waals surface area contributed by atoms with Crippen LogP contribution < -0.4 is 10.1 Å². The number of benzene rings is 2. The first-order valence-corrected chi connectivity index (χ1v) is 8.88. The summed E-state index contributed by atoms with van der Waals surface area (Å²) in [5.74, 6) is 3.23. The van der Waals surface area contributed by atoms with Gasteiger partial charge < -0.3 is 15.2 Å². The van der Waals surface area contributed by atoms with Crippen LogP contribution in [0.2, 0.25) is 0 Å². The number of ether oxygens (including phenoxy) is 1. The van der Waals surface area contributed by atoms with E-state index >= 15 is 0 Å². The first-order chi connectivity index (χ1) is 12.3. The molecule has 0 aliphatic heterocycles. The summed E-state index contributed by atoms with van der Waals surface area (Å²) < 4.78 is 5.55. The summed E-state index contributed by atoms with van der Waals surface area (Å²) in [4.78, 5) is 0. The minimum atomic E-state index is -0.451. The van der Waals surface area contributed by atoms with Crippen molar-refractivity contribution in [3.05, 3.63) is 65.2 Å². The van der Waals surface area contributed by atoms with Gasteiger partial charge >= 0.3 is 0 Å². The number of nitrogens with one attached hydrogen (secondary N) is 1. The van der Waals surface area contributed by atoms with Crippen LogP contribution in [0.4, 0.5) is 0 Å². The summed E-state index contributed by atoms with van der Waals surface area (Å²) >= 11 is 0. The average Bonchev–Trinajstić information content (AvgIpc) is 2.65. The van der Waals surface area contributed by atoms with Crippen molar-refractivity contribution in [1.29, 1.82) is 0 Å². The van der Waals surface area contributed by atoms with E-state index in [-0.39, 0.29) is 6.61 Å². The minimum Gasteiger partial charge on any atom is -0.481 e. The number of terminal acetylenes is 1. The van der Waals surface area contributed by atoms with Gasteiger partial charge in [0.2, 0.25) is 0 Å². The van der Waals surface area contributed by atoms with Gasteiger partial charge in [-0.05, 0) is 42.0 Å². The number of aryl methyl sites for hydroxylation is 1. The van der Waals surface area contributed by atoms with Gasteiger partial charge in [0, 0.05) is 19.0 Å². The van der Waals surface area contributed by atoms with Crippen LogP contribution in [0.15, 0.2) is 48.5 Å². The van der Waals surface area contributed by atoms with E-state index in [4.69, 9.17) is 11.2 Å². The van der Waals surface area contributed by atoms with Gasteiger partial charge in [0.1, 0.15) is 12.4 Å². The number of hydrogen-bond donors (Lipinski definition) is 2. The van der Waals surface area contributed by atoms with Crippen LogP contribution in [0.1, 0.15) is 23.1 Å². The normalized spacial score (nSPS) is 17.4. The molecular weight excluding hydrogens is 310 g/mol. The highest BCUT2D eigenvalue weighted by atomic mass is 16.5. The number of fused-ring (bicyclic) bond motifs is 1. The first-order valence-electron chi connectivity index (χ1n) is 8.88. The lowest BCUT2D eigenvalue weighted by atomic mass is 9.88. The van der Waals surface area contributed by atoms with Crippen molar-refractivity contribution in [2.45, 2.75) is 37.8 Å². The molecule has 0 bridgehead atoms. The highest BCUT2D eigenvalue weighted by Gasteiger charge is 2.19. The molecule has 2 N–H and O–H groups in total. The Morgan fingerprint density at radius 1 is 1.16 bits per heavy atom. The third kappa shape index (κ3) is 4.85. The molecule has 0 aromatic heterocycles. The predicted molar refractivity (Wildman–Crippen MR) is 101 cm³/mol. The fourth-order valence-electron chi connectivity index (χ4n) is 3.43. The van der Waals surface area contributed by atoms with Crippen molar-refractivity contribution >= 4 is 0 Å². The Labute approximate surface area is 150 Å². The average molecular weight is 335 g/mol. The van der Waals surface area contributed by atoms with E-state index in [0.717, 1.165) is 30.6 Å². The molecule has 2 unspecified atom stereocenters. The summed E-state index contributed by atoms with van der Waals surface area (Å²) in [6, 6.07) is 16.8. The highest BCUT2D eigenvalue weighted by Crippen LogP contribution is 2.22. The van der Waals surface area contributed by atoms with Crippen LogP contribution in [0.25, 0.3) is 0 Å². The molecule has 0 saturated carbocycles. The van der Waals surface area contributed by atoms with E-state index in [1.807, 2.05) is 24.3 Å². The molecule has 1 aliphatic carbocycles. The fourth-order valence-corrected chi connectivity index (χ4v) is 3.43. The van der Waals surface area contributed by atoms with Gasteiger partial charge in [0.05, 0.1) is 6.10 Å². The number of hydrogen-bond acceptors (Lipinski definition) is 3. The number of aliphatic hydroxyl groups excluding tert-OH is 1. The zero-order chi connectivity index (χ0) is 17.5. The second kappa shape index (κ2) is 8.71. The largest absolute Gasteiger partial charge is 0.481 e. The SMILES string of the molecule is C#CCOc1ccccc1CC(O)CNC1CCc2ccccc2C1. The lowest BCUT2D eigenvalue weighted by Gasteiger charge is -2.26. The Balaban J connectivity index is 1.51. The van der Waals surface area contributed by atoms with Gasteiger partial charge in [-0.25, -0.2) is 0 Å². The number of rotatable bonds is 7. The maximum Gasteiger partial charge on any atom is 0.148 e. The molecular formula is C22H25NO2. The van der Waals surface area contributed by atoms with Crippen LogP contribution >= 0.6 is 0 Å². The van der Waals surface area contributed by atoms with Gasteiger partial charge in [-0.1, -0.05) is 48.4 Å². The Hall–Kier alpha value is -2.28. The van der Waals surface area contributed by atoms with Gasteiger partial charge in [-0.2, -0.15) is 0 Å². The zero-order valence-corrected chi connectivity index (χ0v) is 14.4. The van der Waals surface area contributed by atoms with E-state index in [0.29, 0.717) is 19.0 Å². The molecule has 0 amide bonds. The molecule has 3 nitrogen and oxygen atoms in total. The molecule has 130 valence electrons. The molecule has 0 radical (unpaired) electrons. The van der Waals surface area contributed by atoms with Crippen molar-refractivity contribution in [3.63, 3.8) is 0 Å². The van der Waals surface area contributed by atoms with E-state index < -0.39 is 6.10 Å². The van der Waals surface area contributed by atoms with Crippen molar-refractivity contribution in [1.82, 2.24) is 5.32 Å². The second-order valence-corrected chi connectivity index (χ2v) is 6.58. The lowest BCUT2D eigenvalue weighted by molar-refractivity contribution is 0.164. The Kier molecular flexibility index (Phi) is 6.11. The van der Waals surface area contributed by atoms with Gasteiger partial charge in [-0.3, -0.25) is 0 Å². The summed E-state index contributed by atoms with van der Waals surface area (Å²) in [5.41, 5.74) is 3.87. The predicted octanol–water partition coefficient (Wildman–Crippen LogP) is 2.75. The van der Waals surface area contributed by atoms with Gasteiger partial charge in [0.15, 0.2) is 0 Å². The highest BCUT2D eigenvalue weighted by molar-refractivity contribution is 5.34. The van der Waals surface area contributed by atoms with Crippen LogP contribution in [0, 0.1) is 12.3 Å². The Bertz CT molecular complexity index is 735. The minimum absolute atomic E-state index is 0.243. The molecule has 3 rings (SSSR count). The van der Waals surface area contributed by atoms with E-state index in [9.17, 15) is 5.11 Å². The maximum absolute atomic E-state index is 10.4. The Morgan fingerprint density at radius 2 is 1.92 bits per heavy atom. The summed E-state index contributed by atoms with van der Waals surface area (Å²) in [6.07, 6.45) is 8.61. The van der Waals surface area contributed by atoms with Gasteiger partial charge in [-0.15, -0.1) is 6.42 Å². The van der Waals surface area contributed by atoms with E-state index in [1.165, 1.54) is 11.1 Å².